The summed E-state index contributed by atoms with van der Waals surface area (Å²) in [6.45, 7) is 11.6. The van der Waals surface area contributed by atoms with Crippen molar-refractivity contribution >= 4 is 0 Å². The first-order valence-corrected chi connectivity index (χ1v) is 11.5. The molecule has 25 heavy (non-hydrogen) atoms. The van der Waals surface area contributed by atoms with Gasteiger partial charge in [0.1, 0.15) is 0 Å². The van der Waals surface area contributed by atoms with Crippen LogP contribution in [-0.2, 0) is 0 Å². The molecule has 0 fully saturated rings. The minimum Gasteiger partial charge on any atom is -0.0654 e. The Hall–Kier alpha value is -0.520. The smallest absolute Gasteiger partial charge is 0.0173 e. The number of rotatable bonds is 15. The van der Waals surface area contributed by atoms with Crippen molar-refractivity contribution < 1.29 is 0 Å². The first-order valence-electron chi connectivity index (χ1n) is 11.5. The van der Waals surface area contributed by atoms with Crippen LogP contribution in [0.25, 0.3) is 0 Å². The van der Waals surface area contributed by atoms with Gasteiger partial charge in [-0.1, -0.05) is 104 Å². The number of hydrogen-bond donors (Lipinski definition) is 0. The molecule has 1 aliphatic rings. The Bertz CT molecular complexity index is 412. The summed E-state index contributed by atoms with van der Waals surface area (Å²) in [5.74, 6) is 0. The standard InChI is InChI=1S/C25H45/c1-6-10-12-14-15-17-20-25(19-16-13-11-7-2)21-22(5)23(9-4)24(25)18-8-3/h6-20H2,1-5H3. The molecule has 1 unspecified atom stereocenters. The van der Waals surface area contributed by atoms with E-state index >= 15 is 0 Å². The van der Waals surface area contributed by atoms with Crippen LogP contribution in [0.2, 0.25) is 0 Å². The molecule has 1 radical (unpaired) electrons. The summed E-state index contributed by atoms with van der Waals surface area (Å²) in [7, 11) is 0. The van der Waals surface area contributed by atoms with Gasteiger partial charge in [0.15, 0.2) is 0 Å². The maximum atomic E-state index is 4.02. The average Bonchev–Trinajstić information content (AvgIpc) is 2.87. The zero-order chi connectivity index (χ0) is 18.5. The molecule has 0 spiro atoms. The molecule has 0 amide bonds. The molecular weight excluding hydrogens is 300 g/mol. The summed E-state index contributed by atoms with van der Waals surface area (Å²) in [5.41, 5.74) is 5.21. The van der Waals surface area contributed by atoms with Crippen molar-refractivity contribution in [3.05, 3.63) is 22.8 Å². The van der Waals surface area contributed by atoms with Crippen molar-refractivity contribution in [2.24, 2.45) is 5.41 Å². The number of hydrogen-bond acceptors (Lipinski definition) is 0. The summed E-state index contributed by atoms with van der Waals surface area (Å²) in [6.07, 6.45) is 24.4. The van der Waals surface area contributed by atoms with Crippen molar-refractivity contribution in [1.29, 1.82) is 0 Å². The van der Waals surface area contributed by atoms with Crippen LogP contribution in [0.5, 0.6) is 0 Å². The van der Waals surface area contributed by atoms with Crippen molar-refractivity contribution in [3.63, 3.8) is 0 Å². The van der Waals surface area contributed by atoms with Crippen molar-refractivity contribution in [3.8, 4) is 0 Å². The van der Waals surface area contributed by atoms with E-state index in [0.29, 0.717) is 5.41 Å². The van der Waals surface area contributed by atoms with E-state index in [1.54, 1.807) is 11.1 Å². The van der Waals surface area contributed by atoms with Crippen LogP contribution < -0.4 is 0 Å². The third-order valence-electron chi connectivity index (χ3n) is 6.09. The Morgan fingerprint density at radius 1 is 0.680 bits per heavy atom. The molecule has 1 atom stereocenters. The zero-order valence-corrected chi connectivity index (χ0v) is 18.1. The molecule has 0 aromatic heterocycles. The van der Waals surface area contributed by atoms with Gasteiger partial charge in [-0.15, -0.1) is 0 Å². The molecule has 0 saturated heterocycles. The molecule has 1 aliphatic carbocycles. The summed E-state index contributed by atoms with van der Waals surface area (Å²) in [5, 5.41) is 0. The van der Waals surface area contributed by atoms with Gasteiger partial charge >= 0.3 is 0 Å². The van der Waals surface area contributed by atoms with Gasteiger partial charge in [0.25, 0.3) is 0 Å². The molecule has 0 N–H and O–H groups in total. The van der Waals surface area contributed by atoms with E-state index in [-0.39, 0.29) is 0 Å². The predicted molar refractivity (Wildman–Crippen MR) is 114 cm³/mol. The predicted octanol–water partition coefficient (Wildman–Crippen LogP) is 8.96. The maximum absolute atomic E-state index is 4.02. The lowest BCUT2D eigenvalue weighted by Crippen LogP contribution is -2.20. The highest BCUT2D eigenvalue weighted by Gasteiger charge is 2.37. The second kappa shape index (κ2) is 12.8. The van der Waals surface area contributed by atoms with Gasteiger partial charge < -0.3 is 0 Å². The molecule has 0 nitrogen and oxygen atoms in total. The number of unbranched alkanes of at least 4 members (excludes halogenated alkanes) is 8. The Balaban J connectivity index is 2.78. The van der Waals surface area contributed by atoms with Gasteiger partial charge in [-0.2, -0.15) is 0 Å². The van der Waals surface area contributed by atoms with Gasteiger partial charge in [-0.3, -0.25) is 0 Å². The van der Waals surface area contributed by atoms with Crippen LogP contribution in [0, 0.1) is 11.5 Å². The Labute approximate surface area is 159 Å². The van der Waals surface area contributed by atoms with Crippen molar-refractivity contribution in [2.75, 3.05) is 0 Å². The van der Waals surface area contributed by atoms with Crippen LogP contribution >= 0.6 is 0 Å². The van der Waals surface area contributed by atoms with Crippen LogP contribution in [0.3, 0.4) is 0 Å². The van der Waals surface area contributed by atoms with Gasteiger partial charge in [0, 0.05) is 5.41 Å². The van der Waals surface area contributed by atoms with Gasteiger partial charge in [-0.25, -0.2) is 0 Å². The Morgan fingerprint density at radius 3 is 1.72 bits per heavy atom. The van der Waals surface area contributed by atoms with E-state index < -0.39 is 0 Å². The molecule has 0 saturated carbocycles. The minimum absolute atomic E-state index is 0.296. The van der Waals surface area contributed by atoms with E-state index in [2.05, 4.69) is 40.7 Å². The second-order valence-electron chi connectivity index (χ2n) is 8.22. The topological polar surface area (TPSA) is 0 Å². The van der Waals surface area contributed by atoms with E-state index in [1.165, 1.54) is 102 Å². The highest BCUT2D eigenvalue weighted by Crippen LogP contribution is 2.50. The van der Waals surface area contributed by atoms with Crippen molar-refractivity contribution in [2.45, 2.75) is 131 Å². The molecule has 0 bridgehead atoms. The van der Waals surface area contributed by atoms with Crippen LogP contribution in [-0.4, -0.2) is 0 Å². The second-order valence-corrected chi connectivity index (χ2v) is 8.22. The summed E-state index contributed by atoms with van der Waals surface area (Å²) < 4.78 is 0. The molecule has 0 heteroatoms. The van der Waals surface area contributed by atoms with Gasteiger partial charge in [0.2, 0.25) is 0 Å². The third-order valence-corrected chi connectivity index (χ3v) is 6.09. The van der Waals surface area contributed by atoms with Crippen molar-refractivity contribution in [1.82, 2.24) is 0 Å². The summed E-state index contributed by atoms with van der Waals surface area (Å²) in [4.78, 5) is 0. The van der Waals surface area contributed by atoms with E-state index in [0.717, 1.165) is 0 Å². The van der Waals surface area contributed by atoms with Crippen LogP contribution in [0.15, 0.2) is 16.7 Å². The van der Waals surface area contributed by atoms with Gasteiger partial charge in [-0.05, 0) is 49.8 Å². The molecule has 145 valence electrons. The molecule has 0 heterocycles. The third kappa shape index (κ3) is 6.95. The quantitative estimate of drug-likeness (QED) is 0.260. The first kappa shape index (κ1) is 22.5. The first-order chi connectivity index (χ1) is 12.1. The highest BCUT2D eigenvalue weighted by molar-refractivity contribution is 5.44. The minimum atomic E-state index is 0.296. The van der Waals surface area contributed by atoms with Gasteiger partial charge in [0.05, 0.1) is 0 Å². The zero-order valence-electron chi connectivity index (χ0n) is 18.1. The highest BCUT2D eigenvalue weighted by atomic mass is 14.4. The van der Waals surface area contributed by atoms with E-state index in [9.17, 15) is 0 Å². The largest absolute Gasteiger partial charge is 0.0654 e. The van der Waals surface area contributed by atoms with Crippen LogP contribution in [0.1, 0.15) is 131 Å². The van der Waals surface area contributed by atoms with Crippen LogP contribution in [0.4, 0.5) is 0 Å². The normalized spacial score (nSPS) is 20.4. The SMILES string of the molecule is CCCCCCCCC1(CCCCCC)[C]=C(C)C(CC)=C1CCC. The monoisotopic (exact) mass is 345 g/mol. The summed E-state index contributed by atoms with van der Waals surface area (Å²) >= 11 is 0. The molecule has 0 aromatic carbocycles. The molecular formula is C25H45. The molecule has 0 aromatic rings. The fourth-order valence-corrected chi connectivity index (χ4v) is 4.76. The Kier molecular flexibility index (Phi) is 11.5. The summed E-state index contributed by atoms with van der Waals surface area (Å²) in [6, 6.07) is 0. The fraction of sp³-hybridized carbons (Fsp3) is 0.840. The number of allylic oxidation sites excluding steroid dienone is 4. The lowest BCUT2D eigenvalue weighted by Gasteiger charge is -2.32. The molecule has 0 aliphatic heterocycles. The Morgan fingerprint density at radius 2 is 1.20 bits per heavy atom. The molecule has 1 rings (SSSR count). The fourth-order valence-electron chi connectivity index (χ4n) is 4.76. The van der Waals surface area contributed by atoms with E-state index in [1.807, 2.05) is 0 Å². The average molecular weight is 346 g/mol. The lowest BCUT2D eigenvalue weighted by molar-refractivity contribution is 0.334. The maximum Gasteiger partial charge on any atom is 0.0173 e. The van der Waals surface area contributed by atoms with E-state index in [4.69, 9.17) is 0 Å². The lowest BCUT2D eigenvalue weighted by atomic mass is 9.72.